The Hall–Kier alpha value is -0.570. The Morgan fingerprint density at radius 3 is 3.18 bits per heavy atom. The monoisotopic (exact) mass is 213 g/mol. The molecule has 0 atom stereocenters. The molecule has 2 nitrogen and oxygen atoms in total. The van der Waals surface area contributed by atoms with Gasteiger partial charge in [-0.1, -0.05) is 0 Å². The molecule has 58 valence electrons. The summed E-state index contributed by atoms with van der Waals surface area (Å²) in [6.45, 7) is 0.995. The largest absolute Gasteiger partial charge is 0.341 e. The average Bonchev–Trinajstić information content (AvgIpc) is 2.46. The molecule has 0 fully saturated rings. The van der Waals surface area contributed by atoms with E-state index in [2.05, 4.69) is 20.5 Å². The highest BCUT2D eigenvalue weighted by Crippen LogP contribution is 2.25. The van der Waals surface area contributed by atoms with Crippen LogP contribution in [0.1, 0.15) is 22.6 Å². The zero-order chi connectivity index (χ0) is 7.84. The van der Waals surface area contributed by atoms with Gasteiger partial charge in [0.25, 0.3) is 0 Å². The van der Waals surface area contributed by atoms with Crippen molar-refractivity contribution in [2.75, 3.05) is 0 Å². The van der Waals surface area contributed by atoms with Crippen LogP contribution in [-0.2, 0) is 13.0 Å². The Kier molecular flexibility index (Phi) is 1.60. The van der Waals surface area contributed by atoms with Gasteiger partial charge in [-0.15, -0.1) is 0 Å². The molecule has 0 radical (unpaired) electrons. The van der Waals surface area contributed by atoms with Crippen LogP contribution in [-0.4, -0.2) is 10.9 Å². The van der Waals surface area contributed by atoms with Crippen LogP contribution in [0.15, 0.2) is 10.5 Å². The van der Waals surface area contributed by atoms with E-state index in [1.807, 2.05) is 6.07 Å². The van der Waals surface area contributed by atoms with Crippen molar-refractivity contribution >= 4 is 22.2 Å². The van der Waals surface area contributed by atoms with Crippen molar-refractivity contribution in [3.8, 4) is 0 Å². The fourth-order valence-electron chi connectivity index (χ4n) is 1.59. The quantitative estimate of drug-likeness (QED) is 0.655. The van der Waals surface area contributed by atoms with Crippen LogP contribution in [0, 0.1) is 0 Å². The highest BCUT2D eigenvalue weighted by Gasteiger charge is 2.16. The van der Waals surface area contributed by atoms with Gasteiger partial charge in [0, 0.05) is 16.7 Å². The van der Waals surface area contributed by atoms with Gasteiger partial charge in [-0.25, -0.2) is 0 Å². The number of aldehydes is 1. The molecule has 0 unspecified atom stereocenters. The van der Waals surface area contributed by atoms with Crippen LogP contribution in [0.25, 0.3) is 0 Å². The maximum atomic E-state index is 10.6. The SMILES string of the molecule is O=Cc1c(Br)cc2n1CCC2. The van der Waals surface area contributed by atoms with Crippen LogP contribution in [0.4, 0.5) is 0 Å². The van der Waals surface area contributed by atoms with Crippen LogP contribution in [0.3, 0.4) is 0 Å². The third-order valence-electron chi connectivity index (χ3n) is 2.10. The predicted octanol–water partition coefficient (Wildman–Crippen LogP) is 2.01. The predicted molar refractivity (Wildman–Crippen MR) is 45.8 cm³/mol. The second-order valence-corrected chi connectivity index (χ2v) is 3.60. The Labute approximate surface area is 73.3 Å². The van der Waals surface area contributed by atoms with E-state index >= 15 is 0 Å². The minimum Gasteiger partial charge on any atom is -0.341 e. The number of fused-ring (bicyclic) bond motifs is 1. The van der Waals surface area contributed by atoms with E-state index < -0.39 is 0 Å². The summed E-state index contributed by atoms with van der Waals surface area (Å²) in [5.41, 5.74) is 2.07. The number of hydrogen-bond donors (Lipinski definition) is 0. The van der Waals surface area contributed by atoms with Crippen molar-refractivity contribution < 1.29 is 4.79 Å². The lowest BCUT2D eigenvalue weighted by atomic mass is 10.3. The van der Waals surface area contributed by atoms with Crippen molar-refractivity contribution in [2.24, 2.45) is 0 Å². The Morgan fingerprint density at radius 1 is 1.64 bits per heavy atom. The van der Waals surface area contributed by atoms with Gasteiger partial charge in [-0.05, 0) is 34.8 Å². The first-order chi connectivity index (χ1) is 5.33. The smallest absolute Gasteiger partial charge is 0.167 e. The summed E-state index contributed by atoms with van der Waals surface area (Å²) in [7, 11) is 0. The Morgan fingerprint density at radius 2 is 2.45 bits per heavy atom. The molecular formula is C8H8BrNO. The van der Waals surface area contributed by atoms with Crippen LogP contribution in [0.5, 0.6) is 0 Å². The van der Waals surface area contributed by atoms with E-state index in [1.54, 1.807) is 0 Å². The van der Waals surface area contributed by atoms with E-state index in [0.717, 1.165) is 29.4 Å². The van der Waals surface area contributed by atoms with Crippen molar-refractivity contribution in [3.63, 3.8) is 0 Å². The molecule has 1 aromatic heterocycles. The van der Waals surface area contributed by atoms with Gasteiger partial charge < -0.3 is 4.57 Å². The van der Waals surface area contributed by atoms with Gasteiger partial charge in [0.15, 0.2) is 6.29 Å². The number of carbonyl (C=O) groups excluding carboxylic acids is 1. The number of hydrogen-bond acceptors (Lipinski definition) is 1. The van der Waals surface area contributed by atoms with Gasteiger partial charge in [0.05, 0.1) is 5.69 Å². The number of aryl methyl sites for hydroxylation is 1. The highest BCUT2D eigenvalue weighted by atomic mass is 79.9. The number of halogens is 1. The fraction of sp³-hybridized carbons (Fsp3) is 0.375. The zero-order valence-electron chi connectivity index (χ0n) is 6.01. The van der Waals surface area contributed by atoms with Gasteiger partial charge in [-0.3, -0.25) is 4.79 Å². The van der Waals surface area contributed by atoms with Crippen molar-refractivity contribution in [1.29, 1.82) is 0 Å². The highest BCUT2D eigenvalue weighted by molar-refractivity contribution is 9.10. The molecule has 11 heavy (non-hydrogen) atoms. The third kappa shape index (κ3) is 0.948. The standard InChI is InChI=1S/C8H8BrNO/c9-7-4-6-2-1-3-10(6)8(7)5-11/h4-5H,1-3H2. The second kappa shape index (κ2) is 2.48. The molecule has 2 heterocycles. The summed E-state index contributed by atoms with van der Waals surface area (Å²) in [4.78, 5) is 10.6. The first-order valence-corrected chi connectivity index (χ1v) is 4.45. The molecule has 1 aromatic rings. The lowest BCUT2D eigenvalue weighted by molar-refractivity contribution is 0.111. The van der Waals surface area contributed by atoms with E-state index in [4.69, 9.17) is 0 Å². The van der Waals surface area contributed by atoms with Gasteiger partial charge in [-0.2, -0.15) is 0 Å². The van der Waals surface area contributed by atoms with E-state index in [-0.39, 0.29) is 0 Å². The zero-order valence-corrected chi connectivity index (χ0v) is 7.60. The van der Waals surface area contributed by atoms with E-state index in [1.165, 1.54) is 12.1 Å². The van der Waals surface area contributed by atoms with Crippen LogP contribution < -0.4 is 0 Å². The summed E-state index contributed by atoms with van der Waals surface area (Å²) in [6, 6.07) is 2.04. The molecule has 0 amide bonds. The molecule has 0 spiro atoms. The third-order valence-corrected chi connectivity index (χ3v) is 2.74. The van der Waals surface area contributed by atoms with Crippen molar-refractivity contribution in [3.05, 3.63) is 21.9 Å². The maximum absolute atomic E-state index is 10.6. The lowest BCUT2D eigenvalue weighted by Gasteiger charge is -1.97. The second-order valence-electron chi connectivity index (χ2n) is 2.74. The molecular weight excluding hydrogens is 206 g/mol. The van der Waals surface area contributed by atoms with Gasteiger partial charge in [0.1, 0.15) is 0 Å². The van der Waals surface area contributed by atoms with Gasteiger partial charge >= 0.3 is 0 Å². The molecule has 0 aliphatic carbocycles. The molecule has 1 aliphatic heterocycles. The minimum absolute atomic E-state index is 0.789. The molecule has 0 bridgehead atoms. The normalized spacial score (nSPS) is 15.0. The summed E-state index contributed by atoms with van der Waals surface area (Å²) < 4.78 is 3.01. The van der Waals surface area contributed by atoms with E-state index in [9.17, 15) is 4.79 Å². The van der Waals surface area contributed by atoms with E-state index in [0.29, 0.717) is 0 Å². The molecule has 0 aromatic carbocycles. The summed E-state index contributed by atoms with van der Waals surface area (Å²) in [5, 5.41) is 0. The summed E-state index contributed by atoms with van der Waals surface area (Å²) in [5.74, 6) is 0. The topological polar surface area (TPSA) is 22.0 Å². The summed E-state index contributed by atoms with van der Waals surface area (Å²) >= 11 is 3.35. The average molecular weight is 214 g/mol. The molecule has 2 rings (SSSR count). The number of aromatic nitrogens is 1. The van der Waals surface area contributed by atoms with Gasteiger partial charge in [0.2, 0.25) is 0 Å². The molecule has 0 saturated heterocycles. The fourth-order valence-corrected chi connectivity index (χ4v) is 2.16. The minimum atomic E-state index is 0.789. The first kappa shape index (κ1) is 7.10. The van der Waals surface area contributed by atoms with Crippen LogP contribution in [0.2, 0.25) is 0 Å². The number of carbonyl (C=O) groups is 1. The van der Waals surface area contributed by atoms with Crippen LogP contribution >= 0.6 is 15.9 Å². The van der Waals surface area contributed by atoms with Crippen molar-refractivity contribution in [2.45, 2.75) is 19.4 Å². The molecule has 3 heteroatoms. The maximum Gasteiger partial charge on any atom is 0.167 e. The number of nitrogens with zero attached hydrogens (tertiary/aromatic N) is 1. The Bertz CT molecular complexity index is 303. The lowest BCUT2D eigenvalue weighted by Crippen LogP contribution is -1.97. The molecule has 1 aliphatic rings. The first-order valence-electron chi connectivity index (χ1n) is 3.66. The molecule has 0 N–H and O–H groups in total. The Balaban J connectivity index is 2.60. The summed E-state index contributed by atoms with van der Waals surface area (Å²) in [6.07, 6.45) is 3.19. The van der Waals surface area contributed by atoms with Crippen molar-refractivity contribution in [1.82, 2.24) is 4.57 Å². The molecule has 0 saturated carbocycles. The number of rotatable bonds is 1.